The molecule has 3 rings (SSSR count). The molecule has 31 heavy (non-hydrogen) atoms. The van der Waals surface area contributed by atoms with Crippen LogP contribution in [-0.2, 0) is 24.8 Å². The number of carbonyl (C=O) groups excluding carboxylic acids is 1. The van der Waals surface area contributed by atoms with Gasteiger partial charge < -0.3 is 10.1 Å². The van der Waals surface area contributed by atoms with E-state index in [2.05, 4.69) is 17.0 Å². The number of nitrogens with one attached hydrogen (secondary N) is 1. The van der Waals surface area contributed by atoms with Gasteiger partial charge in [-0.25, -0.2) is 13.5 Å². The second-order valence-corrected chi connectivity index (χ2v) is 6.73. The monoisotopic (exact) mass is 425 g/mol. The third-order valence-corrected chi connectivity index (χ3v) is 4.64. The number of amides is 1. The molecule has 0 atom stereocenters. The van der Waals surface area contributed by atoms with Crippen molar-refractivity contribution in [3.05, 3.63) is 88.2 Å². The van der Waals surface area contributed by atoms with E-state index in [4.69, 9.17) is 4.74 Å². The van der Waals surface area contributed by atoms with Crippen molar-refractivity contribution in [3.8, 4) is 22.8 Å². The highest BCUT2D eigenvalue weighted by Gasteiger charge is 2.18. The predicted octanol–water partition coefficient (Wildman–Crippen LogP) is 3.88. The van der Waals surface area contributed by atoms with E-state index in [0.29, 0.717) is 28.8 Å². The Hall–Kier alpha value is -3.81. The van der Waals surface area contributed by atoms with Gasteiger partial charge >= 0.3 is 0 Å². The average Bonchev–Trinajstić information content (AvgIpc) is 2.75. The lowest BCUT2D eigenvalue weighted by molar-refractivity contribution is -0.116. The fraction of sp³-hybridized carbons (Fsp3) is 0.174. The van der Waals surface area contributed by atoms with Crippen LogP contribution in [0.15, 0.2) is 59.9 Å². The maximum Gasteiger partial charge on any atom is 0.269 e. The van der Waals surface area contributed by atoms with Crippen molar-refractivity contribution < 1.29 is 18.3 Å². The highest BCUT2D eigenvalue weighted by atomic mass is 19.1. The van der Waals surface area contributed by atoms with E-state index in [-0.39, 0.29) is 29.5 Å². The molecule has 0 aliphatic rings. The molecule has 1 amide bonds. The summed E-state index contributed by atoms with van der Waals surface area (Å²) in [6, 6.07) is 9.68. The molecular formula is C23H21F2N3O3. The average molecular weight is 425 g/mol. The molecule has 0 spiro atoms. The van der Waals surface area contributed by atoms with Gasteiger partial charge in [0.15, 0.2) is 11.6 Å². The number of aryl methyl sites for hydroxylation is 2. The van der Waals surface area contributed by atoms with Crippen molar-refractivity contribution in [1.29, 1.82) is 0 Å². The van der Waals surface area contributed by atoms with Gasteiger partial charge in [0.1, 0.15) is 11.6 Å². The lowest BCUT2D eigenvalue weighted by Crippen LogP contribution is -2.24. The molecule has 0 aliphatic carbocycles. The van der Waals surface area contributed by atoms with E-state index in [1.807, 2.05) is 6.92 Å². The molecular weight excluding hydrogens is 404 g/mol. The highest BCUT2D eigenvalue weighted by Crippen LogP contribution is 2.36. The number of aromatic nitrogens is 2. The van der Waals surface area contributed by atoms with Crippen LogP contribution >= 0.6 is 0 Å². The Morgan fingerprint density at radius 1 is 1.19 bits per heavy atom. The second kappa shape index (κ2) is 9.34. The SMILES string of the molecule is C=CC(=O)NCc1cccc(Oc2ccc(F)cc2F)c1-c1cc(CC)c(=O)n(C)n1. The fourth-order valence-corrected chi connectivity index (χ4v) is 3.08. The second-order valence-electron chi connectivity index (χ2n) is 6.73. The summed E-state index contributed by atoms with van der Waals surface area (Å²) in [4.78, 5) is 24.0. The fourth-order valence-electron chi connectivity index (χ4n) is 3.08. The molecule has 0 fully saturated rings. The molecule has 160 valence electrons. The lowest BCUT2D eigenvalue weighted by atomic mass is 10.0. The number of carbonyl (C=O) groups is 1. The normalized spacial score (nSPS) is 10.6. The molecule has 0 saturated carbocycles. The standard InChI is InChI=1S/C23H21F2N3O3/c1-4-14-11-18(27-28(3)23(14)30)22-15(13-26-21(29)5-2)7-6-8-20(22)31-19-10-9-16(24)12-17(19)25/h5-12H,2,4,13H2,1,3H3,(H,26,29). The first-order valence-corrected chi connectivity index (χ1v) is 9.56. The van der Waals surface area contributed by atoms with Crippen molar-refractivity contribution in [1.82, 2.24) is 15.1 Å². The van der Waals surface area contributed by atoms with Crippen LogP contribution < -0.4 is 15.6 Å². The molecule has 6 nitrogen and oxygen atoms in total. The predicted molar refractivity (Wildman–Crippen MR) is 113 cm³/mol. The van der Waals surface area contributed by atoms with E-state index >= 15 is 0 Å². The molecule has 2 aromatic carbocycles. The molecule has 1 N–H and O–H groups in total. The van der Waals surface area contributed by atoms with Crippen LogP contribution in [0.2, 0.25) is 0 Å². The summed E-state index contributed by atoms with van der Waals surface area (Å²) in [6.45, 7) is 5.40. The molecule has 8 heteroatoms. The maximum absolute atomic E-state index is 14.2. The van der Waals surface area contributed by atoms with Gasteiger partial charge in [0.25, 0.3) is 5.56 Å². The molecule has 0 radical (unpaired) electrons. The Labute approximate surface area is 177 Å². The van der Waals surface area contributed by atoms with Crippen LogP contribution in [0.1, 0.15) is 18.1 Å². The highest BCUT2D eigenvalue weighted by molar-refractivity contribution is 5.87. The minimum absolute atomic E-state index is 0.120. The molecule has 1 aromatic heterocycles. The smallest absolute Gasteiger partial charge is 0.269 e. The third-order valence-electron chi connectivity index (χ3n) is 4.64. The number of ether oxygens (including phenoxy) is 1. The van der Waals surface area contributed by atoms with E-state index in [1.54, 1.807) is 24.3 Å². The Morgan fingerprint density at radius 2 is 1.97 bits per heavy atom. The Morgan fingerprint density at radius 3 is 2.65 bits per heavy atom. The van der Waals surface area contributed by atoms with Crippen LogP contribution in [0, 0.1) is 11.6 Å². The minimum atomic E-state index is -0.862. The van der Waals surface area contributed by atoms with Crippen LogP contribution in [0.5, 0.6) is 11.5 Å². The molecule has 0 unspecified atom stereocenters. The van der Waals surface area contributed by atoms with Gasteiger partial charge in [-0.3, -0.25) is 9.59 Å². The largest absolute Gasteiger partial charge is 0.454 e. The molecule has 0 bridgehead atoms. The van der Waals surface area contributed by atoms with Gasteiger partial charge in [0.2, 0.25) is 5.91 Å². The zero-order chi connectivity index (χ0) is 22.5. The Bertz CT molecular complexity index is 1210. The summed E-state index contributed by atoms with van der Waals surface area (Å²) >= 11 is 0. The van der Waals surface area contributed by atoms with Crippen LogP contribution in [-0.4, -0.2) is 15.7 Å². The van der Waals surface area contributed by atoms with Crippen molar-refractivity contribution in [3.63, 3.8) is 0 Å². The van der Waals surface area contributed by atoms with Crippen molar-refractivity contribution in [2.45, 2.75) is 19.9 Å². The van der Waals surface area contributed by atoms with Crippen molar-refractivity contribution >= 4 is 5.91 Å². The van der Waals surface area contributed by atoms with Gasteiger partial charge in [-0.05, 0) is 42.3 Å². The Kier molecular flexibility index (Phi) is 6.59. The molecule has 0 aliphatic heterocycles. The maximum atomic E-state index is 14.2. The molecule has 3 aromatic rings. The topological polar surface area (TPSA) is 73.2 Å². The van der Waals surface area contributed by atoms with Crippen molar-refractivity contribution in [2.24, 2.45) is 7.05 Å². The number of benzene rings is 2. The molecule has 1 heterocycles. The van der Waals surface area contributed by atoms with Gasteiger partial charge in [0.05, 0.1) is 5.69 Å². The lowest BCUT2D eigenvalue weighted by Gasteiger charge is -2.17. The van der Waals surface area contributed by atoms with Crippen LogP contribution in [0.3, 0.4) is 0 Å². The first-order valence-electron chi connectivity index (χ1n) is 9.56. The number of nitrogens with zero attached hydrogens (tertiary/aromatic N) is 2. The third kappa shape index (κ3) is 4.85. The minimum Gasteiger partial charge on any atom is -0.454 e. The zero-order valence-electron chi connectivity index (χ0n) is 17.1. The number of rotatable bonds is 7. The summed E-state index contributed by atoms with van der Waals surface area (Å²) < 4.78 is 34.5. The van der Waals surface area contributed by atoms with E-state index in [9.17, 15) is 18.4 Å². The van der Waals surface area contributed by atoms with Crippen LogP contribution in [0.4, 0.5) is 8.78 Å². The molecule has 0 saturated heterocycles. The first kappa shape index (κ1) is 21.9. The van der Waals surface area contributed by atoms with E-state index in [0.717, 1.165) is 18.2 Å². The number of hydrogen-bond donors (Lipinski definition) is 1. The summed E-state index contributed by atoms with van der Waals surface area (Å²) in [6.07, 6.45) is 1.63. The van der Waals surface area contributed by atoms with Gasteiger partial charge in [-0.1, -0.05) is 25.6 Å². The summed E-state index contributed by atoms with van der Waals surface area (Å²) in [5.74, 6) is -1.89. The summed E-state index contributed by atoms with van der Waals surface area (Å²) in [7, 11) is 1.53. The van der Waals surface area contributed by atoms with Crippen molar-refractivity contribution in [2.75, 3.05) is 0 Å². The first-order chi connectivity index (χ1) is 14.8. The van der Waals surface area contributed by atoms with E-state index < -0.39 is 11.6 Å². The number of halogens is 2. The quantitative estimate of drug-likeness (QED) is 0.583. The summed E-state index contributed by atoms with van der Waals surface area (Å²) in [5, 5.41) is 7.03. The van der Waals surface area contributed by atoms with Gasteiger partial charge in [-0.15, -0.1) is 0 Å². The Balaban J connectivity index is 2.17. The van der Waals surface area contributed by atoms with Gasteiger partial charge in [0, 0.05) is 30.8 Å². The van der Waals surface area contributed by atoms with E-state index in [1.165, 1.54) is 17.8 Å². The zero-order valence-corrected chi connectivity index (χ0v) is 17.1. The summed E-state index contributed by atoms with van der Waals surface area (Å²) in [5.41, 5.74) is 1.83. The number of hydrogen-bond acceptors (Lipinski definition) is 4. The van der Waals surface area contributed by atoms with Gasteiger partial charge in [-0.2, -0.15) is 5.10 Å². The van der Waals surface area contributed by atoms with Crippen LogP contribution in [0.25, 0.3) is 11.3 Å².